The summed E-state index contributed by atoms with van der Waals surface area (Å²) >= 11 is 0. The van der Waals surface area contributed by atoms with Gasteiger partial charge in [0, 0.05) is 14.2 Å². The summed E-state index contributed by atoms with van der Waals surface area (Å²) in [5.41, 5.74) is 0. The van der Waals surface area contributed by atoms with Crippen LogP contribution in [0.1, 0.15) is 19.3 Å². The van der Waals surface area contributed by atoms with Crippen molar-refractivity contribution in [2.75, 3.05) is 27.3 Å². The van der Waals surface area contributed by atoms with Crippen molar-refractivity contribution in [3.05, 3.63) is 0 Å². The maximum Gasteiger partial charge on any atom is 0.0319 e. The molecule has 0 aliphatic carbocycles. The van der Waals surface area contributed by atoms with Gasteiger partial charge >= 0.3 is 0 Å². The predicted molar refractivity (Wildman–Crippen MR) is 43.0 cm³/mol. The summed E-state index contributed by atoms with van der Waals surface area (Å²) in [5, 5.41) is 17.3. The summed E-state index contributed by atoms with van der Waals surface area (Å²) in [6.07, 6.45) is 4.22. The second kappa shape index (κ2) is 15.9. The Balaban J connectivity index is 0. The molecule has 0 saturated carbocycles. The lowest BCUT2D eigenvalue weighted by molar-refractivity contribution is 0.399. The maximum absolute atomic E-state index is 7.00. The third-order valence-corrected chi connectivity index (χ3v) is 1.21. The summed E-state index contributed by atoms with van der Waals surface area (Å²) in [7, 11) is 2.00. The van der Waals surface area contributed by atoms with E-state index in [0.717, 1.165) is 14.2 Å². The molecule has 1 saturated heterocycles. The molecule has 0 amide bonds. The van der Waals surface area contributed by atoms with Gasteiger partial charge in [-0.05, 0) is 25.9 Å². The minimum atomic E-state index is 1.00. The zero-order valence-corrected chi connectivity index (χ0v) is 6.93. The molecule has 3 N–H and O–H groups in total. The molecule has 64 valence electrons. The van der Waals surface area contributed by atoms with Gasteiger partial charge in [-0.25, -0.2) is 0 Å². The third kappa shape index (κ3) is 10.8. The van der Waals surface area contributed by atoms with Crippen molar-refractivity contribution in [1.82, 2.24) is 5.32 Å². The molecular formula is C7H19NO2. The van der Waals surface area contributed by atoms with Crippen LogP contribution >= 0.6 is 0 Å². The lowest BCUT2D eigenvalue weighted by atomic mass is 10.2. The van der Waals surface area contributed by atoms with Gasteiger partial charge in [-0.2, -0.15) is 0 Å². The van der Waals surface area contributed by atoms with E-state index in [-0.39, 0.29) is 0 Å². The Hall–Kier alpha value is -0.120. The van der Waals surface area contributed by atoms with E-state index in [1.165, 1.54) is 32.4 Å². The topological polar surface area (TPSA) is 52.5 Å². The molecule has 0 bridgehead atoms. The van der Waals surface area contributed by atoms with E-state index in [9.17, 15) is 0 Å². The minimum Gasteiger partial charge on any atom is -0.400 e. The molecule has 0 spiro atoms. The SMILES string of the molecule is C1CCNCC1.CO.CO. The molecule has 0 radical (unpaired) electrons. The minimum absolute atomic E-state index is 1.00. The van der Waals surface area contributed by atoms with Crippen molar-refractivity contribution in [3.8, 4) is 0 Å². The van der Waals surface area contributed by atoms with Gasteiger partial charge < -0.3 is 15.5 Å². The zero-order chi connectivity index (χ0) is 8.24. The first-order valence-corrected chi connectivity index (χ1v) is 3.60. The number of piperidine rings is 1. The number of rotatable bonds is 0. The van der Waals surface area contributed by atoms with Crippen molar-refractivity contribution in [3.63, 3.8) is 0 Å². The highest BCUT2D eigenvalue weighted by Crippen LogP contribution is 1.96. The quantitative estimate of drug-likeness (QED) is 0.453. The second-order valence-corrected chi connectivity index (χ2v) is 1.81. The Morgan fingerprint density at radius 2 is 1.20 bits per heavy atom. The van der Waals surface area contributed by atoms with Crippen LogP contribution < -0.4 is 5.32 Å². The van der Waals surface area contributed by atoms with Gasteiger partial charge in [-0.1, -0.05) is 6.42 Å². The molecule has 0 atom stereocenters. The standard InChI is InChI=1S/C5H11N.2CH4O/c1-2-4-6-5-3-1;2*1-2/h6H,1-5H2;2*2H,1H3. The molecule has 10 heavy (non-hydrogen) atoms. The van der Waals surface area contributed by atoms with Crippen LogP contribution in [-0.4, -0.2) is 37.5 Å². The molecule has 1 aliphatic rings. The van der Waals surface area contributed by atoms with Crippen LogP contribution in [0, 0.1) is 0 Å². The van der Waals surface area contributed by atoms with Crippen LogP contribution in [0.15, 0.2) is 0 Å². The van der Waals surface area contributed by atoms with Gasteiger partial charge in [0.25, 0.3) is 0 Å². The van der Waals surface area contributed by atoms with E-state index in [1.807, 2.05) is 0 Å². The van der Waals surface area contributed by atoms with E-state index in [1.54, 1.807) is 0 Å². The molecule has 1 rings (SSSR count). The average Bonchev–Trinajstić information content (AvgIpc) is 2.14. The second-order valence-electron chi connectivity index (χ2n) is 1.81. The van der Waals surface area contributed by atoms with E-state index in [4.69, 9.17) is 10.2 Å². The van der Waals surface area contributed by atoms with Crippen LogP contribution in [-0.2, 0) is 0 Å². The number of aliphatic hydroxyl groups excluding tert-OH is 2. The third-order valence-electron chi connectivity index (χ3n) is 1.21. The monoisotopic (exact) mass is 149 g/mol. The fourth-order valence-electron chi connectivity index (χ4n) is 0.802. The van der Waals surface area contributed by atoms with Crippen LogP contribution in [0.5, 0.6) is 0 Å². The summed E-state index contributed by atoms with van der Waals surface area (Å²) in [6.45, 7) is 2.50. The lowest BCUT2D eigenvalue weighted by Gasteiger charge is -2.08. The largest absolute Gasteiger partial charge is 0.400 e. The molecule has 0 aromatic carbocycles. The van der Waals surface area contributed by atoms with Gasteiger partial charge in [0.15, 0.2) is 0 Å². The molecule has 3 nitrogen and oxygen atoms in total. The van der Waals surface area contributed by atoms with Crippen LogP contribution in [0.2, 0.25) is 0 Å². The summed E-state index contributed by atoms with van der Waals surface area (Å²) in [4.78, 5) is 0. The fourth-order valence-corrected chi connectivity index (χ4v) is 0.802. The normalized spacial score (nSPS) is 15.6. The maximum atomic E-state index is 7.00. The molecule has 0 aromatic rings. The van der Waals surface area contributed by atoms with Gasteiger partial charge in [-0.15, -0.1) is 0 Å². The van der Waals surface area contributed by atoms with Gasteiger partial charge in [-0.3, -0.25) is 0 Å². The Kier molecular flexibility index (Phi) is 20.0. The Morgan fingerprint density at radius 3 is 1.30 bits per heavy atom. The van der Waals surface area contributed by atoms with Crippen molar-refractivity contribution < 1.29 is 10.2 Å². The van der Waals surface area contributed by atoms with E-state index in [2.05, 4.69) is 5.32 Å². The molecule has 0 unspecified atom stereocenters. The Bertz CT molecular complexity index is 27.1. The van der Waals surface area contributed by atoms with Crippen molar-refractivity contribution in [2.45, 2.75) is 19.3 Å². The van der Waals surface area contributed by atoms with Crippen LogP contribution in [0.3, 0.4) is 0 Å². The summed E-state index contributed by atoms with van der Waals surface area (Å²) < 4.78 is 0. The average molecular weight is 149 g/mol. The first-order valence-electron chi connectivity index (χ1n) is 3.60. The van der Waals surface area contributed by atoms with Crippen molar-refractivity contribution >= 4 is 0 Å². The number of hydrogen-bond donors (Lipinski definition) is 3. The first-order chi connectivity index (χ1) is 5.00. The molecule has 1 aliphatic heterocycles. The van der Waals surface area contributed by atoms with Crippen LogP contribution in [0.4, 0.5) is 0 Å². The fraction of sp³-hybridized carbons (Fsp3) is 1.00. The first kappa shape index (κ1) is 12.5. The van der Waals surface area contributed by atoms with E-state index >= 15 is 0 Å². The smallest absolute Gasteiger partial charge is 0.0319 e. The van der Waals surface area contributed by atoms with Gasteiger partial charge in [0.1, 0.15) is 0 Å². The Morgan fingerprint density at radius 1 is 0.800 bits per heavy atom. The van der Waals surface area contributed by atoms with Gasteiger partial charge in [0.2, 0.25) is 0 Å². The number of aliphatic hydroxyl groups is 2. The highest BCUT2D eigenvalue weighted by Gasteiger charge is 1.93. The molecule has 3 heteroatoms. The van der Waals surface area contributed by atoms with Crippen molar-refractivity contribution in [2.24, 2.45) is 0 Å². The van der Waals surface area contributed by atoms with Crippen molar-refractivity contribution in [1.29, 1.82) is 0 Å². The molecular weight excluding hydrogens is 130 g/mol. The zero-order valence-electron chi connectivity index (χ0n) is 6.93. The predicted octanol–water partition coefficient (Wildman–Crippen LogP) is -0.0231. The Labute approximate surface area is 63.1 Å². The highest BCUT2D eigenvalue weighted by molar-refractivity contribution is 4.55. The lowest BCUT2D eigenvalue weighted by Crippen LogP contribution is -2.21. The van der Waals surface area contributed by atoms with E-state index in [0.29, 0.717) is 0 Å². The summed E-state index contributed by atoms with van der Waals surface area (Å²) in [6, 6.07) is 0. The number of nitrogens with one attached hydrogen (secondary N) is 1. The van der Waals surface area contributed by atoms with E-state index < -0.39 is 0 Å². The number of hydrogen-bond acceptors (Lipinski definition) is 3. The summed E-state index contributed by atoms with van der Waals surface area (Å²) in [5.74, 6) is 0. The molecule has 1 heterocycles. The van der Waals surface area contributed by atoms with Crippen LogP contribution in [0.25, 0.3) is 0 Å². The molecule has 0 aromatic heterocycles. The highest BCUT2D eigenvalue weighted by atomic mass is 16.2. The van der Waals surface area contributed by atoms with Gasteiger partial charge in [0.05, 0.1) is 0 Å². The molecule has 1 fully saturated rings.